The number of pyridine rings is 1. The number of rotatable bonds is 3. The lowest BCUT2D eigenvalue weighted by atomic mass is 10.2. The van der Waals surface area contributed by atoms with Crippen molar-refractivity contribution in [1.29, 1.82) is 0 Å². The summed E-state index contributed by atoms with van der Waals surface area (Å²) in [5.41, 5.74) is 3.03. The first-order valence-corrected chi connectivity index (χ1v) is 9.39. The van der Waals surface area contributed by atoms with E-state index in [1.165, 1.54) is 0 Å². The fourth-order valence-corrected chi connectivity index (χ4v) is 4.73. The van der Waals surface area contributed by atoms with Crippen LogP contribution in [-0.2, 0) is 11.3 Å². The van der Waals surface area contributed by atoms with E-state index in [2.05, 4.69) is 32.2 Å². The standard InChI is InChI=1S/C18H17N5O2S/c1-11-9-26-16-15(11)20-10-21-17(16)22-7-13-14(8-22)25-18(24)23(13)6-12-4-2-3-5-19-12/h2-5,9-10,13-14H,6-8H2,1H3/t13-,14+/m0/s1. The Morgan fingerprint density at radius 2 is 2.19 bits per heavy atom. The van der Waals surface area contributed by atoms with Crippen molar-refractivity contribution in [3.8, 4) is 0 Å². The zero-order valence-corrected chi connectivity index (χ0v) is 15.0. The van der Waals surface area contributed by atoms with Crippen LogP contribution < -0.4 is 4.90 Å². The van der Waals surface area contributed by atoms with Gasteiger partial charge in [-0.2, -0.15) is 0 Å². The first-order chi connectivity index (χ1) is 12.7. The van der Waals surface area contributed by atoms with Crippen LogP contribution >= 0.6 is 11.3 Å². The summed E-state index contributed by atoms with van der Waals surface area (Å²) < 4.78 is 6.71. The van der Waals surface area contributed by atoms with Crippen LogP contribution in [0.5, 0.6) is 0 Å². The third-order valence-electron chi connectivity index (χ3n) is 4.99. The Morgan fingerprint density at radius 1 is 1.27 bits per heavy atom. The van der Waals surface area contributed by atoms with Crippen molar-refractivity contribution in [2.24, 2.45) is 0 Å². The maximum atomic E-state index is 12.3. The molecule has 0 bridgehead atoms. The molecule has 0 N–H and O–H groups in total. The molecule has 3 aromatic heterocycles. The van der Waals surface area contributed by atoms with Gasteiger partial charge in [0.2, 0.25) is 0 Å². The minimum atomic E-state index is -0.259. The predicted molar refractivity (Wildman–Crippen MR) is 98.2 cm³/mol. The number of aromatic nitrogens is 3. The zero-order chi connectivity index (χ0) is 17.7. The molecule has 0 spiro atoms. The van der Waals surface area contributed by atoms with Crippen LogP contribution in [0.15, 0.2) is 36.1 Å². The van der Waals surface area contributed by atoms with Crippen LogP contribution in [0.25, 0.3) is 10.2 Å². The highest BCUT2D eigenvalue weighted by Crippen LogP contribution is 2.35. The molecule has 8 heteroatoms. The Kier molecular flexibility index (Phi) is 3.53. The van der Waals surface area contributed by atoms with E-state index in [4.69, 9.17) is 4.74 Å². The van der Waals surface area contributed by atoms with Gasteiger partial charge in [-0.1, -0.05) is 6.07 Å². The molecule has 0 radical (unpaired) electrons. The van der Waals surface area contributed by atoms with Gasteiger partial charge in [0, 0.05) is 12.7 Å². The smallest absolute Gasteiger partial charge is 0.410 e. The summed E-state index contributed by atoms with van der Waals surface area (Å²) in [7, 11) is 0. The summed E-state index contributed by atoms with van der Waals surface area (Å²) in [4.78, 5) is 29.5. The van der Waals surface area contributed by atoms with Crippen LogP contribution in [0.3, 0.4) is 0 Å². The Morgan fingerprint density at radius 3 is 3.04 bits per heavy atom. The number of thiophene rings is 1. The molecule has 2 saturated heterocycles. The summed E-state index contributed by atoms with van der Waals surface area (Å²) >= 11 is 1.66. The molecule has 0 aliphatic carbocycles. The Bertz CT molecular complexity index is 976. The molecule has 3 aromatic rings. The number of hydrogen-bond donors (Lipinski definition) is 0. The van der Waals surface area contributed by atoms with E-state index in [-0.39, 0.29) is 18.2 Å². The van der Waals surface area contributed by atoms with Gasteiger partial charge in [-0.15, -0.1) is 11.3 Å². The molecule has 0 aromatic carbocycles. The number of carbonyl (C=O) groups excluding carboxylic acids is 1. The summed E-state index contributed by atoms with van der Waals surface area (Å²) in [6.45, 7) is 3.88. The molecule has 132 valence electrons. The first kappa shape index (κ1) is 15.5. The van der Waals surface area contributed by atoms with Gasteiger partial charge in [0.05, 0.1) is 35.0 Å². The second kappa shape index (κ2) is 5.91. The molecule has 2 aliphatic heterocycles. The molecular formula is C18H17N5O2S. The number of nitrogens with zero attached hydrogens (tertiary/aromatic N) is 5. The molecular weight excluding hydrogens is 350 g/mol. The SMILES string of the molecule is Cc1csc2c(N3C[C@H]4OC(=O)N(Cc5ccccn5)[C@H]4C3)ncnc12. The third kappa shape index (κ3) is 2.40. The van der Waals surface area contributed by atoms with E-state index in [9.17, 15) is 4.79 Å². The monoisotopic (exact) mass is 367 g/mol. The maximum absolute atomic E-state index is 12.3. The van der Waals surface area contributed by atoms with Crippen molar-refractivity contribution < 1.29 is 9.53 Å². The lowest BCUT2D eigenvalue weighted by molar-refractivity contribution is 0.135. The fraction of sp³-hybridized carbons (Fsp3) is 0.333. The van der Waals surface area contributed by atoms with Crippen molar-refractivity contribution >= 4 is 33.5 Å². The van der Waals surface area contributed by atoms with Crippen LogP contribution in [0.2, 0.25) is 0 Å². The topological polar surface area (TPSA) is 71.5 Å². The van der Waals surface area contributed by atoms with Crippen molar-refractivity contribution in [3.63, 3.8) is 0 Å². The van der Waals surface area contributed by atoms with E-state index in [1.54, 1.807) is 28.8 Å². The summed E-state index contributed by atoms with van der Waals surface area (Å²) in [6.07, 6.45) is 2.96. The van der Waals surface area contributed by atoms with Gasteiger partial charge in [0.25, 0.3) is 0 Å². The normalized spacial score (nSPS) is 22.1. The number of anilines is 1. The summed E-state index contributed by atoms with van der Waals surface area (Å²) in [6, 6.07) is 5.74. The number of amides is 1. The molecule has 7 nitrogen and oxygen atoms in total. The van der Waals surface area contributed by atoms with Crippen molar-refractivity contribution in [2.45, 2.75) is 25.6 Å². The second-order valence-corrected chi connectivity index (χ2v) is 7.52. The van der Waals surface area contributed by atoms with Crippen LogP contribution in [0.1, 0.15) is 11.3 Å². The largest absolute Gasteiger partial charge is 0.442 e. The van der Waals surface area contributed by atoms with Crippen LogP contribution in [-0.4, -0.2) is 51.2 Å². The Labute approximate surface area is 154 Å². The van der Waals surface area contributed by atoms with Crippen LogP contribution in [0, 0.1) is 6.92 Å². The molecule has 0 saturated carbocycles. The van der Waals surface area contributed by atoms with Gasteiger partial charge in [0.15, 0.2) is 0 Å². The Balaban J connectivity index is 1.42. The van der Waals surface area contributed by atoms with Crippen molar-refractivity contribution in [2.75, 3.05) is 18.0 Å². The van der Waals surface area contributed by atoms with E-state index >= 15 is 0 Å². The zero-order valence-electron chi connectivity index (χ0n) is 14.2. The quantitative estimate of drug-likeness (QED) is 0.709. The average molecular weight is 367 g/mol. The number of ether oxygens (including phenoxy) is 1. The minimum absolute atomic E-state index is 0.00980. The Hall–Kier alpha value is -2.74. The highest BCUT2D eigenvalue weighted by atomic mass is 32.1. The highest BCUT2D eigenvalue weighted by Gasteiger charge is 2.48. The second-order valence-electron chi connectivity index (χ2n) is 6.64. The molecule has 0 unspecified atom stereocenters. The molecule has 2 atom stereocenters. The van der Waals surface area contributed by atoms with Gasteiger partial charge >= 0.3 is 6.09 Å². The van der Waals surface area contributed by atoms with Crippen molar-refractivity contribution in [3.05, 3.63) is 47.4 Å². The van der Waals surface area contributed by atoms with Gasteiger partial charge in [-0.3, -0.25) is 9.88 Å². The van der Waals surface area contributed by atoms with Gasteiger partial charge in [-0.25, -0.2) is 14.8 Å². The van der Waals surface area contributed by atoms with Crippen LogP contribution in [0.4, 0.5) is 10.6 Å². The van der Waals surface area contributed by atoms with E-state index < -0.39 is 0 Å². The number of fused-ring (bicyclic) bond motifs is 2. The van der Waals surface area contributed by atoms with Gasteiger partial charge in [0.1, 0.15) is 18.2 Å². The minimum Gasteiger partial charge on any atom is -0.442 e. The van der Waals surface area contributed by atoms with E-state index in [1.807, 2.05) is 18.2 Å². The fourth-order valence-electron chi connectivity index (χ4n) is 3.71. The first-order valence-electron chi connectivity index (χ1n) is 8.51. The molecule has 26 heavy (non-hydrogen) atoms. The molecule has 2 fully saturated rings. The molecule has 5 heterocycles. The molecule has 5 rings (SSSR count). The number of aryl methyl sites for hydroxylation is 1. The number of carbonyl (C=O) groups is 1. The summed E-state index contributed by atoms with van der Waals surface area (Å²) in [5.74, 6) is 0.927. The van der Waals surface area contributed by atoms with E-state index in [0.717, 1.165) is 27.3 Å². The van der Waals surface area contributed by atoms with Crippen molar-refractivity contribution in [1.82, 2.24) is 19.9 Å². The third-order valence-corrected chi connectivity index (χ3v) is 6.08. The molecule has 2 aliphatic rings. The number of hydrogen-bond acceptors (Lipinski definition) is 7. The lowest BCUT2D eigenvalue weighted by Gasteiger charge is -2.23. The molecule has 1 amide bonds. The van der Waals surface area contributed by atoms with Gasteiger partial charge < -0.3 is 9.64 Å². The highest BCUT2D eigenvalue weighted by molar-refractivity contribution is 7.18. The predicted octanol–water partition coefficient (Wildman–Crippen LogP) is 2.60. The van der Waals surface area contributed by atoms with Gasteiger partial charge in [-0.05, 0) is 30.0 Å². The maximum Gasteiger partial charge on any atom is 0.410 e. The summed E-state index contributed by atoms with van der Waals surface area (Å²) in [5, 5.41) is 2.10. The lowest BCUT2D eigenvalue weighted by Crippen LogP contribution is -2.37. The van der Waals surface area contributed by atoms with E-state index in [0.29, 0.717) is 19.6 Å². The average Bonchev–Trinajstić information content (AvgIpc) is 3.31.